The average molecular weight is 749 g/mol. The largest absolute Gasteiger partial charge is 0.461 e. The standard InChI is InChI=1S/C35H32ClF3N10O2S/c36-23-9-21-28(27(39)26(23)20-3-4-24(38)29-25(20)22(11-40)30(41)52-29)44-32(51-16-35-6-2-8-48(35)12-19(37)10-35)45-31(21)46-7-1-5-34(13-46)14-47(15-34)33(50)49-18-42-17-43-49/h3-4,9,17-19H,1-2,5-8,10,12-16,41H2/t19-,35+/m1/s1. The number of ether oxygens (including phenoxy) is 1. The van der Waals surface area contributed by atoms with Crippen LogP contribution in [0.5, 0.6) is 6.01 Å². The molecule has 5 aromatic rings. The third-order valence-electron chi connectivity index (χ3n) is 11.2. The predicted octanol–water partition coefficient (Wildman–Crippen LogP) is 6.01. The minimum absolute atomic E-state index is 0.0190. The van der Waals surface area contributed by atoms with Gasteiger partial charge >= 0.3 is 12.0 Å². The van der Waals surface area contributed by atoms with Crippen molar-refractivity contribution in [1.82, 2.24) is 34.5 Å². The molecule has 268 valence electrons. The van der Waals surface area contributed by atoms with Crippen molar-refractivity contribution >= 4 is 60.8 Å². The van der Waals surface area contributed by atoms with Gasteiger partial charge in [0.05, 0.1) is 20.8 Å². The number of benzene rings is 2. The van der Waals surface area contributed by atoms with Gasteiger partial charge in [-0.25, -0.2) is 22.9 Å². The summed E-state index contributed by atoms with van der Waals surface area (Å²) >= 11 is 7.82. The van der Waals surface area contributed by atoms with Crippen molar-refractivity contribution in [2.75, 3.05) is 56.5 Å². The maximum absolute atomic E-state index is 17.2. The summed E-state index contributed by atoms with van der Waals surface area (Å²) in [5.41, 5.74) is 5.49. The van der Waals surface area contributed by atoms with Gasteiger partial charge in [0.25, 0.3) is 0 Å². The molecule has 0 radical (unpaired) electrons. The second kappa shape index (κ2) is 12.2. The Kier molecular flexibility index (Phi) is 7.76. The molecule has 0 aliphatic carbocycles. The molecule has 12 nitrogen and oxygen atoms in total. The van der Waals surface area contributed by atoms with E-state index < -0.39 is 23.3 Å². The van der Waals surface area contributed by atoms with Crippen LogP contribution in [0.2, 0.25) is 5.02 Å². The maximum atomic E-state index is 17.2. The van der Waals surface area contributed by atoms with Crippen molar-refractivity contribution in [2.45, 2.75) is 43.8 Å². The number of carbonyl (C=O) groups excluding carboxylic acids is 1. The fourth-order valence-corrected chi connectivity index (χ4v) is 10.1. The number of fused-ring (bicyclic) bond motifs is 3. The monoisotopic (exact) mass is 748 g/mol. The number of amides is 1. The number of aromatic nitrogens is 5. The molecule has 2 N–H and O–H groups in total. The first kappa shape index (κ1) is 33.1. The van der Waals surface area contributed by atoms with Gasteiger partial charge < -0.3 is 20.3 Å². The highest BCUT2D eigenvalue weighted by Crippen LogP contribution is 2.47. The van der Waals surface area contributed by atoms with Crippen LogP contribution in [0.15, 0.2) is 30.9 Å². The lowest BCUT2D eigenvalue weighted by molar-refractivity contribution is 0.0189. The number of nitrogens with zero attached hydrogens (tertiary/aromatic N) is 9. The molecule has 52 heavy (non-hydrogen) atoms. The molecule has 3 aromatic heterocycles. The van der Waals surface area contributed by atoms with Gasteiger partial charge in [-0.3, -0.25) is 4.90 Å². The van der Waals surface area contributed by atoms with E-state index in [1.165, 1.54) is 29.5 Å². The van der Waals surface area contributed by atoms with Crippen molar-refractivity contribution in [3.63, 3.8) is 0 Å². The van der Waals surface area contributed by atoms with Gasteiger partial charge in [0, 0.05) is 60.9 Å². The molecule has 4 fully saturated rings. The van der Waals surface area contributed by atoms with Gasteiger partial charge in [-0.15, -0.1) is 11.3 Å². The van der Waals surface area contributed by atoms with Crippen LogP contribution in [0.4, 0.5) is 28.8 Å². The van der Waals surface area contributed by atoms with Crippen LogP contribution in [0.25, 0.3) is 32.1 Å². The van der Waals surface area contributed by atoms with Gasteiger partial charge in [-0.1, -0.05) is 17.7 Å². The van der Waals surface area contributed by atoms with Crippen molar-refractivity contribution in [3.05, 3.63) is 53.1 Å². The second-order valence-corrected chi connectivity index (χ2v) is 15.9. The molecule has 4 aliphatic heterocycles. The molecule has 1 spiro atoms. The van der Waals surface area contributed by atoms with E-state index in [2.05, 4.69) is 24.9 Å². The van der Waals surface area contributed by atoms with Crippen LogP contribution in [0.3, 0.4) is 0 Å². The number of rotatable bonds is 5. The molecule has 2 aromatic carbocycles. The summed E-state index contributed by atoms with van der Waals surface area (Å²) in [4.78, 5) is 32.2. The quantitative estimate of drug-likeness (QED) is 0.227. The molecule has 4 saturated heterocycles. The normalized spacial score (nSPS) is 22.6. The highest BCUT2D eigenvalue weighted by molar-refractivity contribution is 7.23. The first-order chi connectivity index (χ1) is 25.1. The van der Waals surface area contributed by atoms with Crippen molar-refractivity contribution in [1.29, 1.82) is 5.26 Å². The van der Waals surface area contributed by atoms with Crippen LogP contribution >= 0.6 is 22.9 Å². The topological polar surface area (TPSA) is 142 Å². The van der Waals surface area contributed by atoms with E-state index in [0.717, 1.165) is 43.6 Å². The molecule has 0 unspecified atom stereocenters. The number of anilines is 2. The van der Waals surface area contributed by atoms with Crippen LogP contribution in [0.1, 0.15) is 37.7 Å². The molecular weight excluding hydrogens is 717 g/mol. The molecule has 4 aliphatic rings. The van der Waals surface area contributed by atoms with E-state index in [9.17, 15) is 18.8 Å². The summed E-state index contributed by atoms with van der Waals surface area (Å²) in [5.74, 6) is -0.957. The molecule has 1 amide bonds. The fraction of sp³-hybridized carbons (Fsp3) is 0.429. The number of nitriles is 1. The predicted molar refractivity (Wildman–Crippen MR) is 189 cm³/mol. The molecule has 9 rings (SSSR count). The Morgan fingerprint density at radius 1 is 1.17 bits per heavy atom. The highest BCUT2D eigenvalue weighted by atomic mass is 35.5. The minimum Gasteiger partial charge on any atom is -0.461 e. The van der Waals surface area contributed by atoms with Crippen molar-refractivity contribution in [3.8, 4) is 23.2 Å². The van der Waals surface area contributed by atoms with Crippen molar-refractivity contribution < 1.29 is 22.7 Å². The van der Waals surface area contributed by atoms with Gasteiger partial charge in [-0.2, -0.15) is 25.0 Å². The van der Waals surface area contributed by atoms with Gasteiger partial charge in [0.2, 0.25) is 0 Å². The Hall–Kier alpha value is -4.72. The second-order valence-electron chi connectivity index (χ2n) is 14.4. The van der Waals surface area contributed by atoms with E-state index in [1.807, 2.05) is 6.07 Å². The van der Waals surface area contributed by atoms with E-state index in [4.69, 9.17) is 27.1 Å². The minimum atomic E-state index is -0.959. The summed E-state index contributed by atoms with van der Waals surface area (Å²) in [7, 11) is 0. The Bertz CT molecular complexity index is 2310. The summed E-state index contributed by atoms with van der Waals surface area (Å²) < 4.78 is 54.3. The summed E-state index contributed by atoms with van der Waals surface area (Å²) in [6.45, 7) is 3.40. The Morgan fingerprint density at radius 2 is 2.00 bits per heavy atom. The number of alkyl halides is 1. The third-order valence-corrected chi connectivity index (χ3v) is 12.5. The number of nitrogens with two attached hydrogens (primary N) is 1. The van der Waals surface area contributed by atoms with Gasteiger partial charge in [-0.05, 0) is 49.9 Å². The molecular formula is C35H32ClF3N10O2S. The number of piperidine rings is 1. The molecule has 0 saturated carbocycles. The zero-order valence-electron chi connectivity index (χ0n) is 27.8. The number of carbonyl (C=O) groups is 1. The zero-order chi connectivity index (χ0) is 35.9. The highest BCUT2D eigenvalue weighted by Gasteiger charge is 2.50. The average Bonchev–Trinajstić information content (AvgIpc) is 3.91. The number of halogens is 4. The SMILES string of the molecule is N#Cc1c(N)sc2c(F)ccc(-c3c(Cl)cc4c(N5CCCC6(CN(C(=O)n7cncn7)C6)C5)nc(OC[C@@]56CCCN5C[C@H](F)C6)nc4c3F)c12. The number of likely N-dealkylation sites (tertiary alicyclic amines) is 1. The number of thiophene rings is 1. The van der Waals surface area contributed by atoms with Crippen LogP contribution in [-0.4, -0.2) is 98.1 Å². The molecule has 7 heterocycles. The molecule has 17 heteroatoms. The third kappa shape index (κ3) is 5.15. The molecule has 2 atom stereocenters. The zero-order valence-corrected chi connectivity index (χ0v) is 29.4. The van der Waals surface area contributed by atoms with Crippen molar-refractivity contribution in [2.24, 2.45) is 5.41 Å². The van der Waals surface area contributed by atoms with Crippen LogP contribution in [0, 0.1) is 28.4 Å². The lowest BCUT2D eigenvalue weighted by atomic mass is 9.73. The lowest BCUT2D eigenvalue weighted by Crippen LogP contribution is -2.65. The fourth-order valence-electron chi connectivity index (χ4n) is 8.87. The van der Waals surface area contributed by atoms with Gasteiger partial charge in [0.15, 0.2) is 5.82 Å². The lowest BCUT2D eigenvalue weighted by Gasteiger charge is -2.54. The van der Waals surface area contributed by atoms with E-state index >= 15 is 4.39 Å². The van der Waals surface area contributed by atoms with Crippen LogP contribution < -0.4 is 15.4 Å². The Labute approximate surface area is 304 Å². The van der Waals surface area contributed by atoms with E-state index in [-0.39, 0.29) is 66.4 Å². The summed E-state index contributed by atoms with van der Waals surface area (Å²) in [6, 6.07) is 5.90. The van der Waals surface area contributed by atoms with Crippen LogP contribution in [-0.2, 0) is 0 Å². The summed E-state index contributed by atoms with van der Waals surface area (Å²) in [6.07, 6.45) is 5.43. The van der Waals surface area contributed by atoms with E-state index in [1.54, 1.807) is 11.0 Å². The number of hydrogen-bond acceptors (Lipinski definition) is 11. The smallest absolute Gasteiger partial charge is 0.346 e. The molecule has 0 bridgehead atoms. The Morgan fingerprint density at radius 3 is 2.79 bits per heavy atom. The summed E-state index contributed by atoms with van der Waals surface area (Å²) in [5, 5.41) is 14.5. The first-order valence-electron chi connectivity index (χ1n) is 17.1. The number of hydrogen-bond donors (Lipinski definition) is 1. The number of nitrogen functional groups attached to an aromatic ring is 1. The maximum Gasteiger partial charge on any atom is 0.346 e. The van der Waals surface area contributed by atoms with E-state index in [0.29, 0.717) is 50.3 Å². The van der Waals surface area contributed by atoms with Gasteiger partial charge in [0.1, 0.15) is 53.7 Å². The first-order valence-corrected chi connectivity index (χ1v) is 18.3. The Balaban J connectivity index is 1.13.